The van der Waals surface area contributed by atoms with Crippen molar-refractivity contribution in [2.45, 2.75) is 30.8 Å². The maximum Gasteiger partial charge on any atom is 0.128 e. The third-order valence-electron chi connectivity index (χ3n) is 2.43. The van der Waals surface area contributed by atoms with Crippen LogP contribution in [0.5, 0.6) is 0 Å². The summed E-state index contributed by atoms with van der Waals surface area (Å²) in [6, 6.07) is 2.16. The molecule has 1 aliphatic rings. The number of nitrogens with zero attached hydrogens (tertiary/aromatic N) is 1. The molecule has 2 rings (SSSR count). The smallest absolute Gasteiger partial charge is 0.128 e. The standard InChI is InChI=1S/C10H12N2S2/c1-10(2)3-6-8(5-13-10)14-7(4-11)9(6)12/h3,5,12H2,1-2H3. The lowest BCUT2D eigenvalue weighted by molar-refractivity contribution is 0.698. The fourth-order valence-electron chi connectivity index (χ4n) is 1.66. The zero-order valence-corrected chi connectivity index (χ0v) is 9.89. The van der Waals surface area contributed by atoms with Gasteiger partial charge in [-0.3, -0.25) is 0 Å². The van der Waals surface area contributed by atoms with Gasteiger partial charge in [0.25, 0.3) is 0 Å². The van der Waals surface area contributed by atoms with Gasteiger partial charge in [-0.05, 0) is 12.0 Å². The molecule has 0 fully saturated rings. The fraction of sp³-hybridized carbons (Fsp3) is 0.500. The van der Waals surface area contributed by atoms with E-state index in [1.807, 2.05) is 11.8 Å². The summed E-state index contributed by atoms with van der Waals surface area (Å²) in [6.45, 7) is 4.45. The lowest BCUT2D eigenvalue weighted by Gasteiger charge is -2.28. The molecule has 2 nitrogen and oxygen atoms in total. The highest BCUT2D eigenvalue weighted by Gasteiger charge is 2.29. The Hall–Kier alpha value is -0.660. The Balaban J connectivity index is 2.48. The van der Waals surface area contributed by atoms with E-state index in [0.29, 0.717) is 4.88 Å². The molecule has 0 spiro atoms. The minimum Gasteiger partial charge on any atom is -0.397 e. The van der Waals surface area contributed by atoms with Gasteiger partial charge in [-0.25, -0.2) is 0 Å². The zero-order chi connectivity index (χ0) is 10.3. The second-order valence-corrected chi connectivity index (χ2v) is 6.87. The van der Waals surface area contributed by atoms with Crippen molar-refractivity contribution in [3.63, 3.8) is 0 Å². The van der Waals surface area contributed by atoms with Gasteiger partial charge in [0.2, 0.25) is 0 Å². The highest BCUT2D eigenvalue weighted by Crippen LogP contribution is 2.44. The number of hydrogen-bond acceptors (Lipinski definition) is 4. The summed E-state index contributed by atoms with van der Waals surface area (Å²) in [7, 11) is 0. The van der Waals surface area contributed by atoms with Crippen molar-refractivity contribution in [3.05, 3.63) is 15.3 Å². The number of nitriles is 1. The van der Waals surface area contributed by atoms with Crippen molar-refractivity contribution >= 4 is 28.8 Å². The van der Waals surface area contributed by atoms with Crippen LogP contribution in [0.25, 0.3) is 0 Å². The van der Waals surface area contributed by atoms with Crippen LogP contribution in [0, 0.1) is 11.3 Å². The van der Waals surface area contributed by atoms with Gasteiger partial charge in [0.15, 0.2) is 0 Å². The van der Waals surface area contributed by atoms with Crippen LogP contribution < -0.4 is 5.73 Å². The first-order chi connectivity index (χ1) is 6.53. The second kappa shape index (κ2) is 3.18. The van der Waals surface area contributed by atoms with E-state index in [2.05, 4.69) is 19.9 Å². The van der Waals surface area contributed by atoms with Crippen LogP contribution in [0.1, 0.15) is 29.2 Å². The van der Waals surface area contributed by atoms with Gasteiger partial charge in [-0.15, -0.1) is 23.1 Å². The van der Waals surface area contributed by atoms with Gasteiger partial charge in [0.1, 0.15) is 10.9 Å². The molecule has 0 bridgehead atoms. The van der Waals surface area contributed by atoms with E-state index in [4.69, 9.17) is 11.0 Å². The van der Waals surface area contributed by atoms with Crippen molar-refractivity contribution < 1.29 is 0 Å². The first-order valence-electron chi connectivity index (χ1n) is 4.47. The molecule has 0 saturated carbocycles. The molecule has 74 valence electrons. The molecule has 1 aromatic heterocycles. The molecule has 14 heavy (non-hydrogen) atoms. The van der Waals surface area contributed by atoms with Gasteiger partial charge in [0, 0.05) is 15.4 Å². The summed E-state index contributed by atoms with van der Waals surface area (Å²) < 4.78 is 0.259. The van der Waals surface area contributed by atoms with E-state index in [1.165, 1.54) is 10.4 Å². The Labute approximate surface area is 92.1 Å². The van der Waals surface area contributed by atoms with Gasteiger partial charge in [0.05, 0.1) is 5.69 Å². The number of thioether (sulfide) groups is 1. The molecular formula is C10H12N2S2. The quantitative estimate of drug-likeness (QED) is 0.737. The lowest BCUT2D eigenvalue weighted by atomic mass is 10.0. The second-order valence-electron chi connectivity index (χ2n) is 4.08. The molecule has 4 heteroatoms. The van der Waals surface area contributed by atoms with Crippen molar-refractivity contribution in [3.8, 4) is 6.07 Å². The topological polar surface area (TPSA) is 49.8 Å². The van der Waals surface area contributed by atoms with Crippen LogP contribution in [0.2, 0.25) is 0 Å². The minimum atomic E-state index is 0.259. The average Bonchev–Trinajstić information content (AvgIpc) is 2.42. The number of anilines is 1. The molecule has 0 aromatic carbocycles. The molecule has 2 N–H and O–H groups in total. The number of thiophene rings is 1. The Bertz CT molecular complexity index is 412. The van der Waals surface area contributed by atoms with Gasteiger partial charge in [-0.2, -0.15) is 5.26 Å². The minimum absolute atomic E-state index is 0.259. The molecular weight excluding hydrogens is 212 g/mol. The predicted octanol–water partition coefficient (Wildman–Crippen LogP) is 2.77. The van der Waals surface area contributed by atoms with E-state index in [-0.39, 0.29) is 4.75 Å². The molecule has 0 amide bonds. The molecule has 1 aromatic rings. The van der Waals surface area contributed by atoms with Crippen molar-refractivity contribution in [1.82, 2.24) is 0 Å². The molecule has 0 saturated heterocycles. The maximum absolute atomic E-state index is 8.87. The molecule has 2 heterocycles. The SMILES string of the molecule is CC1(C)Cc2c(sc(C#N)c2N)CS1. The summed E-state index contributed by atoms with van der Waals surface area (Å²) in [4.78, 5) is 1.98. The number of rotatable bonds is 0. The Morgan fingerprint density at radius 1 is 1.50 bits per heavy atom. The lowest BCUT2D eigenvalue weighted by Crippen LogP contribution is -2.23. The normalized spacial score (nSPS) is 18.6. The Kier molecular flexibility index (Phi) is 2.24. The summed E-state index contributed by atoms with van der Waals surface area (Å²) in [5.74, 6) is 0.999. The van der Waals surface area contributed by atoms with E-state index in [1.54, 1.807) is 11.3 Å². The van der Waals surface area contributed by atoms with Crippen molar-refractivity contribution in [2.75, 3.05) is 5.73 Å². The number of nitrogens with two attached hydrogens (primary N) is 1. The predicted molar refractivity (Wildman–Crippen MR) is 62.5 cm³/mol. The van der Waals surface area contributed by atoms with E-state index >= 15 is 0 Å². The van der Waals surface area contributed by atoms with Crippen LogP contribution in [-0.2, 0) is 12.2 Å². The van der Waals surface area contributed by atoms with Crippen LogP contribution in [0.15, 0.2) is 0 Å². The van der Waals surface area contributed by atoms with Gasteiger partial charge >= 0.3 is 0 Å². The first-order valence-corrected chi connectivity index (χ1v) is 6.28. The molecule has 0 aliphatic carbocycles. The van der Waals surface area contributed by atoms with Gasteiger partial charge < -0.3 is 5.73 Å². The van der Waals surface area contributed by atoms with Crippen LogP contribution in [-0.4, -0.2) is 4.75 Å². The first kappa shape index (κ1) is 9.88. The van der Waals surface area contributed by atoms with Crippen LogP contribution in [0.4, 0.5) is 5.69 Å². The zero-order valence-electron chi connectivity index (χ0n) is 8.26. The van der Waals surface area contributed by atoms with Crippen LogP contribution in [0.3, 0.4) is 0 Å². The Morgan fingerprint density at radius 3 is 2.86 bits per heavy atom. The number of fused-ring (bicyclic) bond motifs is 1. The molecule has 0 atom stereocenters. The fourth-order valence-corrected chi connectivity index (χ4v) is 3.84. The third-order valence-corrected chi connectivity index (χ3v) is 5.12. The average molecular weight is 224 g/mol. The van der Waals surface area contributed by atoms with Crippen molar-refractivity contribution in [1.29, 1.82) is 5.26 Å². The summed E-state index contributed by atoms with van der Waals surface area (Å²) in [6.07, 6.45) is 0.983. The molecule has 0 unspecified atom stereocenters. The van der Waals surface area contributed by atoms with E-state index < -0.39 is 0 Å². The van der Waals surface area contributed by atoms with E-state index in [9.17, 15) is 0 Å². The number of nitrogen functional groups attached to an aromatic ring is 1. The highest BCUT2D eigenvalue weighted by molar-refractivity contribution is 8.00. The summed E-state index contributed by atoms with van der Waals surface area (Å²) >= 11 is 3.50. The largest absolute Gasteiger partial charge is 0.397 e. The van der Waals surface area contributed by atoms with Gasteiger partial charge in [-0.1, -0.05) is 13.8 Å². The third kappa shape index (κ3) is 1.51. The monoisotopic (exact) mass is 224 g/mol. The van der Waals surface area contributed by atoms with Crippen LogP contribution >= 0.6 is 23.1 Å². The van der Waals surface area contributed by atoms with Crippen molar-refractivity contribution in [2.24, 2.45) is 0 Å². The number of hydrogen-bond donors (Lipinski definition) is 1. The Morgan fingerprint density at radius 2 is 2.21 bits per heavy atom. The summed E-state index contributed by atoms with van der Waals surface area (Å²) in [5, 5.41) is 8.87. The molecule has 1 aliphatic heterocycles. The highest BCUT2D eigenvalue weighted by atomic mass is 32.2. The van der Waals surface area contributed by atoms with E-state index in [0.717, 1.165) is 17.9 Å². The maximum atomic E-state index is 8.87. The molecule has 0 radical (unpaired) electrons. The summed E-state index contributed by atoms with van der Waals surface area (Å²) in [5.41, 5.74) is 7.88.